The van der Waals surface area contributed by atoms with Gasteiger partial charge in [-0.1, -0.05) is 49.6 Å². The maximum Gasteiger partial charge on any atom is 0.249 e. The van der Waals surface area contributed by atoms with Crippen molar-refractivity contribution in [2.45, 2.75) is 51.6 Å². The van der Waals surface area contributed by atoms with Gasteiger partial charge < -0.3 is 16.4 Å². The number of benzene rings is 1. The van der Waals surface area contributed by atoms with Crippen LogP contribution >= 0.6 is 0 Å². The molecule has 22 heavy (non-hydrogen) atoms. The molecule has 0 atom stereocenters. The highest BCUT2D eigenvalue weighted by Gasteiger charge is 2.21. The van der Waals surface area contributed by atoms with Crippen molar-refractivity contribution < 1.29 is 4.79 Å². The average Bonchev–Trinajstić information content (AvgIpc) is 2.89. The minimum Gasteiger partial charge on any atom is -0.384 e. The van der Waals surface area contributed by atoms with E-state index in [1.54, 1.807) is 0 Å². The molecule has 4 nitrogen and oxygen atoms in total. The molecule has 0 unspecified atom stereocenters. The first-order valence-electron chi connectivity index (χ1n) is 8.19. The lowest BCUT2D eigenvalue weighted by molar-refractivity contribution is -0.116. The van der Waals surface area contributed by atoms with Gasteiger partial charge in [0.2, 0.25) is 5.91 Å². The summed E-state index contributed by atoms with van der Waals surface area (Å²) < 4.78 is 0. The van der Waals surface area contributed by atoms with Gasteiger partial charge in [-0.05, 0) is 25.3 Å². The van der Waals surface area contributed by atoms with Crippen molar-refractivity contribution in [2.24, 2.45) is 5.73 Å². The van der Waals surface area contributed by atoms with Gasteiger partial charge in [0, 0.05) is 23.9 Å². The smallest absolute Gasteiger partial charge is 0.249 e. The van der Waals surface area contributed by atoms with Crippen LogP contribution in [0.2, 0.25) is 0 Å². The molecule has 4 N–H and O–H groups in total. The third kappa shape index (κ3) is 4.88. The zero-order chi connectivity index (χ0) is 15.8. The van der Waals surface area contributed by atoms with E-state index in [4.69, 9.17) is 5.73 Å². The molecule has 1 heterocycles. The summed E-state index contributed by atoms with van der Waals surface area (Å²) in [6.45, 7) is 3.23. The van der Waals surface area contributed by atoms with Crippen LogP contribution in [0.3, 0.4) is 0 Å². The summed E-state index contributed by atoms with van der Waals surface area (Å²) in [5.41, 5.74) is 8.52. The predicted molar refractivity (Wildman–Crippen MR) is 90.1 cm³/mol. The quantitative estimate of drug-likeness (QED) is 0.803. The fourth-order valence-corrected chi connectivity index (χ4v) is 2.84. The predicted octanol–water partition coefficient (Wildman–Crippen LogP) is 2.46. The van der Waals surface area contributed by atoms with E-state index in [1.807, 2.05) is 37.3 Å². The molecule has 1 saturated carbocycles. The summed E-state index contributed by atoms with van der Waals surface area (Å²) >= 11 is 0. The lowest BCUT2D eigenvalue weighted by atomic mass is 9.95. The number of hydrogen-bond donors (Lipinski definition) is 3. The molecule has 0 bridgehead atoms. The second kappa shape index (κ2) is 8.59. The van der Waals surface area contributed by atoms with Crippen LogP contribution < -0.4 is 16.4 Å². The maximum absolute atomic E-state index is 11.2. The fraction of sp³-hybridized carbons (Fsp3) is 0.500. The molecule has 2 aliphatic rings. The maximum atomic E-state index is 11.2. The van der Waals surface area contributed by atoms with Gasteiger partial charge >= 0.3 is 0 Å². The van der Waals surface area contributed by atoms with Gasteiger partial charge in [0.25, 0.3) is 0 Å². The number of nitrogens with two attached hydrogens (primary N) is 1. The second-order valence-electron chi connectivity index (χ2n) is 5.96. The normalized spacial score (nSPS) is 18.5. The first-order chi connectivity index (χ1) is 10.7. The molecule has 4 heteroatoms. The molecule has 1 aromatic carbocycles. The van der Waals surface area contributed by atoms with Gasteiger partial charge in [0.15, 0.2) is 0 Å². The minimum absolute atomic E-state index is 0.0864. The molecule has 3 rings (SSSR count). The average molecular weight is 301 g/mol. The van der Waals surface area contributed by atoms with Crippen LogP contribution in [0.5, 0.6) is 0 Å². The summed E-state index contributed by atoms with van der Waals surface area (Å²) in [6.07, 6.45) is 6.53. The fourth-order valence-electron chi connectivity index (χ4n) is 2.84. The molecular formula is C18H27N3O. The van der Waals surface area contributed by atoms with Gasteiger partial charge in [-0.2, -0.15) is 0 Å². The van der Waals surface area contributed by atoms with Crippen molar-refractivity contribution in [1.29, 1.82) is 0 Å². The molecule has 1 aliphatic carbocycles. The highest BCUT2D eigenvalue weighted by atomic mass is 16.1. The number of carbonyl (C=O) groups excluding carboxylic acids is 1. The first-order valence-corrected chi connectivity index (χ1v) is 8.19. The van der Waals surface area contributed by atoms with Crippen molar-refractivity contribution >= 4 is 5.91 Å². The molecule has 0 aromatic heterocycles. The van der Waals surface area contributed by atoms with Crippen molar-refractivity contribution in [3.8, 4) is 0 Å². The summed E-state index contributed by atoms with van der Waals surface area (Å²) in [7, 11) is 0. The molecule has 0 saturated heterocycles. The summed E-state index contributed by atoms with van der Waals surface area (Å²) in [5, 5.41) is 6.33. The Morgan fingerprint density at radius 3 is 2.36 bits per heavy atom. The minimum atomic E-state index is 0.0864. The number of amides is 1. The number of rotatable bonds is 3. The van der Waals surface area contributed by atoms with Gasteiger partial charge in [0.1, 0.15) is 0 Å². The van der Waals surface area contributed by atoms with Crippen molar-refractivity contribution in [3.05, 3.63) is 47.2 Å². The molecule has 120 valence electrons. The largest absolute Gasteiger partial charge is 0.384 e. The lowest BCUT2D eigenvalue weighted by Crippen LogP contribution is -2.32. The van der Waals surface area contributed by atoms with Crippen molar-refractivity contribution in [1.82, 2.24) is 10.6 Å². The van der Waals surface area contributed by atoms with Crippen LogP contribution in [-0.2, 0) is 11.3 Å². The Balaban J connectivity index is 0.000000188. The summed E-state index contributed by atoms with van der Waals surface area (Å²) in [4.78, 5) is 11.2. The van der Waals surface area contributed by atoms with E-state index in [1.165, 1.54) is 37.7 Å². The molecule has 1 aliphatic heterocycles. The van der Waals surface area contributed by atoms with Gasteiger partial charge in [-0.3, -0.25) is 4.79 Å². The van der Waals surface area contributed by atoms with Crippen molar-refractivity contribution in [2.75, 3.05) is 6.54 Å². The van der Waals surface area contributed by atoms with Crippen LogP contribution in [0.4, 0.5) is 0 Å². The van der Waals surface area contributed by atoms with Crippen LogP contribution in [0.15, 0.2) is 41.6 Å². The number of hydrogen-bond acceptors (Lipinski definition) is 3. The topological polar surface area (TPSA) is 67.1 Å². The monoisotopic (exact) mass is 301 g/mol. The zero-order valence-electron chi connectivity index (χ0n) is 13.4. The van der Waals surface area contributed by atoms with Gasteiger partial charge in [0.05, 0.1) is 6.54 Å². The zero-order valence-corrected chi connectivity index (χ0v) is 13.4. The van der Waals surface area contributed by atoms with Crippen LogP contribution in [0, 0.1) is 0 Å². The van der Waals surface area contributed by atoms with Crippen LogP contribution in [0.1, 0.15) is 44.6 Å². The molecule has 1 amide bonds. The van der Waals surface area contributed by atoms with Crippen LogP contribution in [-0.4, -0.2) is 18.5 Å². The standard InChI is InChI=1S/C11H18N2O.C7H9N/c1-8-10(7-12-11(8)14)13-9-5-3-2-4-6-9;8-6-7-4-2-1-3-5-7/h9,13H,2-7H2,1H3,(H,12,14);1-5H,6,8H2. The molecule has 1 fully saturated rings. The third-order valence-corrected chi connectivity index (χ3v) is 4.28. The van der Waals surface area contributed by atoms with Crippen molar-refractivity contribution in [3.63, 3.8) is 0 Å². The Labute approximate surface area is 133 Å². The Morgan fingerprint density at radius 2 is 1.86 bits per heavy atom. The Hall–Kier alpha value is -1.81. The summed E-state index contributed by atoms with van der Waals surface area (Å²) in [5.74, 6) is 0.0864. The van der Waals surface area contributed by atoms with Crippen LogP contribution in [0.25, 0.3) is 0 Å². The number of nitrogens with one attached hydrogen (secondary N) is 2. The third-order valence-electron chi connectivity index (χ3n) is 4.28. The lowest BCUT2D eigenvalue weighted by Gasteiger charge is -2.24. The molecule has 1 aromatic rings. The number of carbonyl (C=O) groups is 1. The first kappa shape index (κ1) is 16.6. The van der Waals surface area contributed by atoms with Gasteiger partial charge in [-0.15, -0.1) is 0 Å². The Morgan fingerprint density at radius 1 is 1.18 bits per heavy atom. The van der Waals surface area contributed by atoms with E-state index >= 15 is 0 Å². The summed E-state index contributed by atoms with van der Waals surface area (Å²) in [6, 6.07) is 10.6. The van der Waals surface area contributed by atoms with E-state index in [0.717, 1.165) is 11.3 Å². The van der Waals surface area contributed by atoms with Gasteiger partial charge in [-0.25, -0.2) is 0 Å². The van der Waals surface area contributed by atoms with E-state index < -0.39 is 0 Å². The SMILES string of the molecule is CC1=C(NC2CCCCC2)CNC1=O.NCc1ccccc1. The highest BCUT2D eigenvalue weighted by molar-refractivity contribution is 5.96. The van der Waals surface area contributed by atoms with E-state index in [0.29, 0.717) is 19.1 Å². The Kier molecular flexibility index (Phi) is 6.46. The Bertz CT molecular complexity index is 504. The second-order valence-corrected chi connectivity index (χ2v) is 5.96. The van der Waals surface area contributed by atoms with E-state index in [9.17, 15) is 4.79 Å². The molecule has 0 spiro atoms. The molecular weight excluding hydrogens is 274 g/mol. The highest BCUT2D eigenvalue weighted by Crippen LogP contribution is 2.19. The molecule has 0 radical (unpaired) electrons. The van der Waals surface area contributed by atoms with E-state index in [-0.39, 0.29) is 5.91 Å². The van der Waals surface area contributed by atoms with E-state index in [2.05, 4.69) is 10.6 Å².